The third-order valence-corrected chi connectivity index (χ3v) is 5.01. The Bertz CT molecular complexity index is 947. The van der Waals surface area contributed by atoms with Gasteiger partial charge in [0.2, 0.25) is 23.6 Å². The first-order valence-electron chi connectivity index (χ1n) is 9.57. The second-order valence-corrected chi connectivity index (χ2v) is 7.36. The van der Waals surface area contributed by atoms with Crippen LogP contribution in [0, 0.1) is 0 Å². The molecule has 3 heterocycles. The number of amides is 1. The number of carbonyl (C=O) groups is 1. The minimum absolute atomic E-state index is 0.0305. The highest BCUT2D eigenvalue weighted by atomic mass is 35.5. The number of halogens is 1. The highest BCUT2D eigenvalue weighted by Crippen LogP contribution is 2.19. The third kappa shape index (κ3) is 5.08. The highest BCUT2D eigenvalue weighted by molar-refractivity contribution is 6.30. The quantitative estimate of drug-likeness (QED) is 0.664. The Labute approximate surface area is 173 Å². The molecule has 0 radical (unpaired) electrons. The normalized spacial score (nSPS) is 16.6. The van der Waals surface area contributed by atoms with E-state index in [1.54, 1.807) is 30.6 Å². The van der Waals surface area contributed by atoms with Gasteiger partial charge < -0.3 is 14.7 Å². The van der Waals surface area contributed by atoms with Crippen molar-refractivity contribution in [3.05, 3.63) is 53.6 Å². The SMILES string of the molecule is O=C(CCc1nc(-c2ccc(Cl)cc2)no1)NC1CCCN(c2ncccn2)C1. The average Bonchev–Trinajstić information content (AvgIpc) is 3.23. The molecule has 150 valence electrons. The number of nitrogens with one attached hydrogen (secondary N) is 1. The largest absolute Gasteiger partial charge is 0.352 e. The summed E-state index contributed by atoms with van der Waals surface area (Å²) in [6, 6.07) is 9.07. The smallest absolute Gasteiger partial charge is 0.227 e. The molecule has 1 fully saturated rings. The van der Waals surface area contributed by atoms with E-state index in [4.69, 9.17) is 16.1 Å². The number of carbonyl (C=O) groups excluding carboxylic acids is 1. The number of nitrogens with zero attached hydrogens (tertiary/aromatic N) is 5. The molecule has 1 atom stereocenters. The predicted octanol–water partition coefficient (Wildman–Crippen LogP) is 2.90. The lowest BCUT2D eigenvalue weighted by molar-refractivity contribution is -0.121. The molecule has 0 aliphatic carbocycles. The molecule has 1 saturated heterocycles. The van der Waals surface area contributed by atoms with E-state index in [1.807, 2.05) is 12.1 Å². The molecule has 1 aromatic carbocycles. The van der Waals surface area contributed by atoms with E-state index in [0.717, 1.165) is 24.9 Å². The van der Waals surface area contributed by atoms with Crippen LogP contribution in [0.4, 0.5) is 5.95 Å². The van der Waals surface area contributed by atoms with Gasteiger partial charge in [-0.2, -0.15) is 4.98 Å². The second kappa shape index (κ2) is 9.00. The van der Waals surface area contributed by atoms with Crippen LogP contribution in [0.15, 0.2) is 47.2 Å². The Kier molecular flexibility index (Phi) is 6.00. The molecule has 2 aromatic heterocycles. The summed E-state index contributed by atoms with van der Waals surface area (Å²) in [7, 11) is 0. The molecule has 0 spiro atoms. The van der Waals surface area contributed by atoms with Crippen molar-refractivity contribution >= 4 is 23.5 Å². The lowest BCUT2D eigenvalue weighted by atomic mass is 10.1. The van der Waals surface area contributed by atoms with Gasteiger partial charge in [-0.05, 0) is 43.2 Å². The van der Waals surface area contributed by atoms with Crippen LogP contribution < -0.4 is 10.2 Å². The molecule has 0 bridgehead atoms. The fourth-order valence-electron chi connectivity index (χ4n) is 3.32. The number of benzene rings is 1. The van der Waals surface area contributed by atoms with E-state index in [0.29, 0.717) is 42.1 Å². The Morgan fingerprint density at radius 2 is 2.03 bits per heavy atom. The molecular weight excluding hydrogens is 392 g/mol. The number of aromatic nitrogens is 4. The zero-order chi connectivity index (χ0) is 20.1. The topological polar surface area (TPSA) is 97.0 Å². The number of anilines is 1. The van der Waals surface area contributed by atoms with Crippen molar-refractivity contribution < 1.29 is 9.32 Å². The molecule has 4 rings (SSSR count). The summed E-state index contributed by atoms with van der Waals surface area (Å²) >= 11 is 5.89. The van der Waals surface area contributed by atoms with Gasteiger partial charge in [0.25, 0.3) is 0 Å². The van der Waals surface area contributed by atoms with Crippen LogP contribution in [0.1, 0.15) is 25.2 Å². The van der Waals surface area contributed by atoms with Crippen molar-refractivity contribution in [2.24, 2.45) is 0 Å². The van der Waals surface area contributed by atoms with Crippen LogP contribution in [0.5, 0.6) is 0 Å². The molecule has 3 aromatic rings. The summed E-state index contributed by atoms with van der Waals surface area (Å²) in [5.74, 6) is 1.60. The number of hydrogen-bond donors (Lipinski definition) is 1. The van der Waals surface area contributed by atoms with Crippen LogP contribution in [0.25, 0.3) is 11.4 Å². The lowest BCUT2D eigenvalue weighted by Crippen LogP contribution is -2.48. The van der Waals surface area contributed by atoms with Gasteiger partial charge in [-0.3, -0.25) is 4.79 Å². The Morgan fingerprint density at radius 1 is 1.24 bits per heavy atom. The van der Waals surface area contributed by atoms with Crippen molar-refractivity contribution in [2.45, 2.75) is 31.7 Å². The maximum atomic E-state index is 12.4. The van der Waals surface area contributed by atoms with Gasteiger partial charge in [0, 0.05) is 55.0 Å². The number of hydrogen-bond acceptors (Lipinski definition) is 7. The maximum Gasteiger partial charge on any atom is 0.227 e. The predicted molar refractivity (Wildman–Crippen MR) is 108 cm³/mol. The first-order chi connectivity index (χ1) is 14.2. The Balaban J connectivity index is 1.27. The molecule has 1 amide bonds. The van der Waals surface area contributed by atoms with Crippen LogP contribution in [0.2, 0.25) is 5.02 Å². The van der Waals surface area contributed by atoms with Crippen LogP contribution >= 0.6 is 11.6 Å². The second-order valence-electron chi connectivity index (χ2n) is 6.92. The summed E-state index contributed by atoms with van der Waals surface area (Å²) < 4.78 is 5.27. The van der Waals surface area contributed by atoms with Crippen LogP contribution in [0.3, 0.4) is 0 Å². The van der Waals surface area contributed by atoms with Crippen molar-refractivity contribution in [1.29, 1.82) is 0 Å². The summed E-state index contributed by atoms with van der Waals surface area (Å²) in [5, 5.41) is 7.71. The fraction of sp³-hybridized carbons (Fsp3) is 0.350. The Hall–Kier alpha value is -3.00. The summed E-state index contributed by atoms with van der Waals surface area (Å²) in [6.07, 6.45) is 6.07. The van der Waals surface area contributed by atoms with Crippen LogP contribution in [-0.2, 0) is 11.2 Å². The standard InChI is InChI=1S/C20H21ClN6O2/c21-15-6-4-14(5-7-15)19-25-18(29-26-19)9-8-17(28)24-16-3-1-12-27(13-16)20-22-10-2-11-23-20/h2,4-7,10-11,16H,1,3,8-9,12-13H2,(H,24,28). The van der Waals surface area contributed by atoms with E-state index in [2.05, 4.69) is 30.3 Å². The molecule has 0 saturated carbocycles. The van der Waals surface area contributed by atoms with Gasteiger partial charge in [0.05, 0.1) is 0 Å². The molecule has 9 heteroatoms. The van der Waals surface area contributed by atoms with E-state index < -0.39 is 0 Å². The number of aryl methyl sites for hydroxylation is 1. The van der Waals surface area contributed by atoms with Gasteiger partial charge in [-0.1, -0.05) is 16.8 Å². The average molecular weight is 413 g/mol. The molecule has 8 nitrogen and oxygen atoms in total. The molecule has 1 N–H and O–H groups in total. The monoisotopic (exact) mass is 412 g/mol. The molecule has 1 aliphatic rings. The van der Waals surface area contributed by atoms with Crippen LogP contribution in [-0.4, -0.2) is 45.1 Å². The summed E-state index contributed by atoms with van der Waals surface area (Å²) in [5.41, 5.74) is 0.819. The summed E-state index contributed by atoms with van der Waals surface area (Å²) in [6.45, 7) is 1.60. The minimum atomic E-state index is -0.0305. The van der Waals surface area contributed by atoms with Crippen molar-refractivity contribution in [1.82, 2.24) is 25.4 Å². The number of rotatable bonds is 6. The van der Waals surface area contributed by atoms with Gasteiger partial charge in [0.15, 0.2) is 0 Å². The summed E-state index contributed by atoms with van der Waals surface area (Å²) in [4.78, 5) is 27.4. The third-order valence-electron chi connectivity index (χ3n) is 4.76. The Morgan fingerprint density at radius 3 is 2.83 bits per heavy atom. The lowest BCUT2D eigenvalue weighted by Gasteiger charge is -2.33. The van der Waals surface area contributed by atoms with Gasteiger partial charge >= 0.3 is 0 Å². The molecule has 29 heavy (non-hydrogen) atoms. The van der Waals surface area contributed by atoms with Crippen molar-refractivity contribution in [2.75, 3.05) is 18.0 Å². The zero-order valence-electron chi connectivity index (χ0n) is 15.8. The van der Waals surface area contributed by atoms with E-state index in [-0.39, 0.29) is 11.9 Å². The highest BCUT2D eigenvalue weighted by Gasteiger charge is 2.23. The van der Waals surface area contributed by atoms with Gasteiger partial charge in [0.1, 0.15) is 0 Å². The van der Waals surface area contributed by atoms with E-state index in [1.165, 1.54) is 0 Å². The van der Waals surface area contributed by atoms with Gasteiger partial charge in [-0.25, -0.2) is 9.97 Å². The zero-order valence-corrected chi connectivity index (χ0v) is 16.5. The minimum Gasteiger partial charge on any atom is -0.352 e. The van der Waals surface area contributed by atoms with Gasteiger partial charge in [-0.15, -0.1) is 0 Å². The first-order valence-corrected chi connectivity index (χ1v) is 9.95. The molecular formula is C20H21ClN6O2. The first kappa shape index (κ1) is 19.3. The molecule has 1 aliphatic heterocycles. The van der Waals surface area contributed by atoms with Crippen molar-refractivity contribution in [3.63, 3.8) is 0 Å². The number of piperidine rings is 1. The van der Waals surface area contributed by atoms with E-state index in [9.17, 15) is 4.79 Å². The molecule has 1 unspecified atom stereocenters. The van der Waals surface area contributed by atoms with E-state index >= 15 is 0 Å². The maximum absolute atomic E-state index is 12.4. The fourth-order valence-corrected chi connectivity index (χ4v) is 3.45. The van der Waals surface area contributed by atoms with Crippen molar-refractivity contribution in [3.8, 4) is 11.4 Å².